The van der Waals surface area contributed by atoms with E-state index in [1.54, 1.807) is 6.08 Å². The van der Waals surface area contributed by atoms with Crippen LogP contribution in [0.4, 0.5) is 0 Å². The highest BCUT2D eigenvalue weighted by atomic mass is 32.3. The van der Waals surface area contributed by atoms with Gasteiger partial charge in [0.15, 0.2) is 6.29 Å². The Hall–Kier alpha value is -1.16. The van der Waals surface area contributed by atoms with Crippen LogP contribution in [-0.4, -0.2) is 95.4 Å². The van der Waals surface area contributed by atoms with Crippen molar-refractivity contribution in [1.82, 2.24) is 5.32 Å². The standard InChI is InChI=1S/C68H133NO11S/c1-3-5-7-9-11-13-15-17-19-21-23-25-27-28-29-30-31-32-33-34-36-38-40-42-44-46-48-50-52-54-56-58-64(72)69-61(60-78-68-66(74)67(80-81(75,76)77)65(73)63(59-70)79-68)62(71)57-55-53-51-49-47-45-43-41-39-37-35-26-24-22-20-18-16-14-12-10-8-6-4-2/h55,57,61-63,65-68,70-71,73-74H,3-54,56,58-60H2,1-2H3,(H,69,72)(H,75,76,77)/b57-55+. The highest BCUT2D eigenvalue weighted by molar-refractivity contribution is 7.80. The average molecular weight is 1170 g/mol. The number of carbonyl (C=O) groups excluding carboxylic acids is 1. The fourth-order valence-corrected chi connectivity index (χ4v) is 12.2. The number of ether oxygens (including phenoxy) is 2. The first-order chi connectivity index (χ1) is 39.5. The molecule has 1 saturated heterocycles. The number of aliphatic hydroxyl groups excluding tert-OH is 4. The number of hydrogen-bond donors (Lipinski definition) is 6. The highest BCUT2D eigenvalue weighted by Crippen LogP contribution is 2.26. The van der Waals surface area contributed by atoms with E-state index in [-0.39, 0.29) is 18.9 Å². The maximum Gasteiger partial charge on any atom is 0.397 e. The zero-order chi connectivity index (χ0) is 59.0. The van der Waals surface area contributed by atoms with Crippen molar-refractivity contribution in [2.45, 2.75) is 403 Å². The lowest BCUT2D eigenvalue weighted by molar-refractivity contribution is -0.298. The van der Waals surface area contributed by atoms with Crippen LogP contribution in [0, 0.1) is 0 Å². The molecule has 1 amide bonds. The highest BCUT2D eigenvalue weighted by Gasteiger charge is 2.48. The minimum Gasteiger partial charge on any atom is -0.394 e. The first-order valence-corrected chi connectivity index (χ1v) is 36.4. The molecule has 1 heterocycles. The number of rotatable bonds is 63. The summed E-state index contributed by atoms with van der Waals surface area (Å²) < 4.78 is 48.0. The molecular formula is C68H133NO11S. The van der Waals surface area contributed by atoms with Crippen LogP contribution in [0.25, 0.3) is 0 Å². The summed E-state index contributed by atoms with van der Waals surface area (Å²) >= 11 is 0. The molecule has 7 unspecified atom stereocenters. The normalized spacial score (nSPS) is 18.5. The van der Waals surface area contributed by atoms with Gasteiger partial charge in [0, 0.05) is 6.42 Å². The van der Waals surface area contributed by atoms with Crippen molar-refractivity contribution in [3.05, 3.63) is 12.2 Å². The van der Waals surface area contributed by atoms with E-state index in [9.17, 15) is 38.2 Å². The van der Waals surface area contributed by atoms with E-state index in [4.69, 9.17) is 9.47 Å². The lowest BCUT2D eigenvalue weighted by Gasteiger charge is -2.41. The Morgan fingerprint density at radius 1 is 0.481 bits per heavy atom. The molecule has 13 heteroatoms. The monoisotopic (exact) mass is 1170 g/mol. The quantitative estimate of drug-likeness (QED) is 0.0193. The van der Waals surface area contributed by atoms with E-state index in [1.807, 2.05) is 6.08 Å². The van der Waals surface area contributed by atoms with Gasteiger partial charge >= 0.3 is 10.4 Å². The molecule has 12 nitrogen and oxygen atoms in total. The molecule has 482 valence electrons. The zero-order valence-electron chi connectivity index (χ0n) is 52.9. The lowest BCUT2D eigenvalue weighted by Crippen LogP contribution is -2.61. The van der Waals surface area contributed by atoms with Crippen LogP contribution >= 0.6 is 0 Å². The van der Waals surface area contributed by atoms with E-state index in [0.717, 1.165) is 38.5 Å². The first-order valence-electron chi connectivity index (χ1n) is 35.1. The van der Waals surface area contributed by atoms with Crippen molar-refractivity contribution in [3.63, 3.8) is 0 Å². The second-order valence-electron chi connectivity index (χ2n) is 24.8. The molecule has 1 rings (SSSR count). The Balaban J connectivity index is 2.23. The molecule has 1 aliphatic heterocycles. The summed E-state index contributed by atoms with van der Waals surface area (Å²) in [5, 5.41) is 45.2. The SMILES string of the molecule is CCCCCCCCCCCCCCCCCCCCCCC/C=C/C(O)C(COC1OC(CO)C(O)C(OS(=O)(=O)O)C1O)NC(=O)CCCCCCCCCCCCCCCCCCCCCCCCCCCCCCCCC. The van der Waals surface area contributed by atoms with Crippen LogP contribution < -0.4 is 5.32 Å². The van der Waals surface area contributed by atoms with Gasteiger partial charge in [-0.1, -0.05) is 347 Å². The maximum atomic E-state index is 13.2. The number of aliphatic hydroxyl groups is 4. The van der Waals surface area contributed by atoms with Gasteiger partial charge < -0.3 is 35.2 Å². The van der Waals surface area contributed by atoms with Gasteiger partial charge in [-0.25, -0.2) is 4.18 Å². The second kappa shape index (κ2) is 57.9. The van der Waals surface area contributed by atoms with Crippen LogP contribution in [0.5, 0.6) is 0 Å². The van der Waals surface area contributed by atoms with Gasteiger partial charge in [-0.05, 0) is 19.3 Å². The van der Waals surface area contributed by atoms with Crippen molar-refractivity contribution >= 4 is 16.3 Å². The van der Waals surface area contributed by atoms with Gasteiger partial charge in [0.2, 0.25) is 5.91 Å². The van der Waals surface area contributed by atoms with E-state index < -0.39 is 59.9 Å². The molecule has 1 aliphatic rings. The van der Waals surface area contributed by atoms with Crippen molar-refractivity contribution in [1.29, 1.82) is 0 Å². The van der Waals surface area contributed by atoms with Gasteiger partial charge in [0.25, 0.3) is 0 Å². The predicted molar refractivity (Wildman–Crippen MR) is 338 cm³/mol. The van der Waals surface area contributed by atoms with E-state index in [2.05, 4.69) is 23.3 Å². The zero-order valence-corrected chi connectivity index (χ0v) is 53.7. The van der Waals surface area contributed by atoms with Gasteiger partial charge in [-0.15, -0.1) is 0 Å². The summed E-state index contributed by atoms with van der Waals surface area (Å²) in [6, 6.07) is -0.942. The summed E-state index contributed by atoms with van der Waals surface area (Å²) in [5.74, 6) is -0.253. The van der Waals surface area contributed by atoms with Crippen LogP contribution in [0.1, 0.15) is 361 Å². The molecule has 0 spiro atoms. The number of unbranched alkanes of at least 4 members (excludes halogenated alkanes) is 51. The molecule has 7 atom stereocenters. The Labute approximate surface area is 500 Å². The fourth-order valence-electron chi connectivity index (χ4n) is 11.7. The molecule has 0 aliphatic carbocycles. The number of carbonyl (C=O) groups is 1. The Morgan fingerprint density at radius 3 is 1.07 bits per heavy atom. The van der Waals surface area contributed by atoms with Gasteiger partial charge in [-0.3, -0.25) is 9.35 Å². The number of hydrogen-bond acceptors (Lipinski definition) is 10. The third kappa shape index (κ3) is 49.6. The number of nitrogens with one attached hydrogen (secondary N) is 1. The number of allylic oxidation sites excluding steroid dienone is 1. The third-order valence-electron chi connectivity index (χ3n) is 17.1. The summed E-state index contributed by atoms with van der Waals surface area (Å²) in [6.07, 6.45) is 64.3. The maximum absolute atomic E-state index is 13.2. The van der Waals surface area contributed by atoms with E-state index >= 15 is 0 Å². The first kappa shape index (κ1) is 77.9. The summed E-state index contributed by atoms with van der Waals surface area (Å²) in [7, 11) is -5.09. The van der Waals surface area contributed by atoms with Crippen LogP contribution in [0.3, 0.4) is 0 Å². The molecule has 1 fully saturated rings. The van der Waals surface area contributed by atoms with E-state index in [1.165, 1.54) is 295 Å². The Kier molecular flexibility index (Phi) is 55.6. The van der Waals surface area contributed by atoms with Gasteiger partial charge in [-0.2, -0.15) is 8.42 Å². The molecule has 0 aromatic heterocycles. The van der Waals surface area contributed by atoms with Crippen molar-refractivity contribution in [2.75, 3.05) is 13.2 Å². The van der Waals surface area contributed by atoms with E-state index in [0.29, 0.717) is 6.42 Å². The molecule has 6 N–H and O–H groups in total. The largest absolute Gasteiger partial charge is 0.397 e. The molecule has 0 aromatic rings. The number of amides is 1. The van der Waals surface area contributed by atoms with Crippen LogP contribution in [0.2, 0.25) is 0 Å². The molecular weight excluding hydrogens is 1040 g/mol. The van der Waals surface area contributed by atoms with Crippen LogP contribution in [-0.2, 0) is 28.9 Å². The van der Waals surface area contributed by atoms with Crippen molar-refractivity contribution in [3.8, 4) is 0 Å². The topological polar surface area (TPSA) is 192 Å². The summed E-state index contributed by atoms with van der Waals surface area (Å²) in [4.78, 5) is 13.2. The fraction of sp³-hybridized carbons (Fsp3) is 0.956. The molecule has 0 aromatic carbocycles. The van der Waals surface area contributed by atoms with Crippen molar-refractivity contribution < 1.29 is 51.8 Å². The second-order valence-corrected chi connectivity index (χ2v) is 25.9. The van der Waals surface area contributed by atoms with Gasteiger partial charge in [0.05, 0.1) is 25.4 Å². The predicted octanol–water partition coefficient (Wildman–Crippen LogP) is 18.1. The van der Waals surface area contributed by atoms with Crippen LogP contribution in [0.15, 0.2) is 12.2 Å². The summed E-state index contributed by atoms with van der Waals surface area (Å²) in [5.41, 5.74) is 0. The van der Waals surface area contributed by atoms with Gasteiger partial charge in [0.1, 0.15) is 24.4 Å². The lowest BCUT2D eigenvalue weighted by atomic mass is 9.99. The average Bonchev–Trinajstić information content (AvgIpc) is 3.48. The van der Waals surface area contributed by atoms with Crippen molar-refractivity contribution in [2.24, 2.45) is 0 Å². The molecule has 81 heavy (non-hydrogen) atoms. The molecule has 0 saturated carbocycles. The Morgan fingerprint density at radius 2 is 0.778 bits per heavy atom. The molecule has 0 radical (unpaired) electrons. The Bertz CT molecular complexity index is 1470. The summed E-state index contributed by atoms with van der Waals surface area (Å²) in [6.45, 7) is 3.47. The minimum atomic E-state index is -5.09. The minimum absolute atomic E-state index is 0.253. The third-order valence-corrected chi connectivity index (χ3v) is 17.5. The smallest absolute Gasteiger partial charge is 0.394 e. The molecule has 0 bridgehead atoms.